The summed E-state index contributed by atoms with van der Waals surface area (Å²) in [5.41, 5.74) is 0.368. The second-order valence-corrected chi connectivity index (χ2v) is 6.85. The molecule has 1 atom stereocenters. The van der Waals surface area contributed by atoms with Crippen LogP contribution in [0, 0.1) is 5.92 Å². The molecule has 2 aliphatic rings. The lowest BCUT2D eigenvalue weighted by Gasteiger charge is -2.24. The van der Waals surface area contributed by atoms with Crippen molar-refractivity contribution in [1.82, 2.24) is 9.80 Å². The number of nitrogens with zero attached hydrogens (tertiary/aromatic N) is 2. The molecule has 0 amide bonds. The fraction of sp³-hybridized carbons (Fsp3) is 0.667. The van der Waals surface area contributed by atoms with Crippen molar-refractivity contribution in [2.45, 2.75) is 25.6 Å². The van der Waals surface area contributed by atoms with E-state index < -0.39 is 11.7 Å². The summed E-state index contributed by atoms with van der Waals surface area (Å²) >= 11 is 0. The van der Waals surface area contributed by atoms with E-state index in [2.05, 4.69) is 9.80 Å². The van der Waals surface area contributed by atoms with E-state index >= 15 is 0 Å². The van der Waals surface area contributed by atoms with Crippen molar-refractivity contribution in [3.05, 3.63) is 35.4 Å². The van der Waals surface area contributed by atoms with E-state index in [0.717, 1.165) is 70.9 Å². The molecule has 0 unspecified atom stereocenters. The van der Waals surface area contributed by atoms with Gasteiger partial charge in [-0.1, -0.05) is 12.1 Å². The first-order valence-electron chi connectivity index (χ1n) is 8.69. The van der Waals surface area contributed by atoms with Crippen LogP contribution in [0.1, 0.15) is 24.0 Å². The smallest absolute Gasteiger partial charge is 0.381 e. The lowest BCUT2D eigenvalue weighted by molar-refractivity contribution is -0.137. The zero-order valence-corrected chi connectivity index (χ0v) is 13.9. The van der Waals surface area contributed by atoms with Gasteiger partial charge in [0, 0.05) is 32.8 Å². The summed E-state index contributed by atoms with van der Waals surface area (Å²) in [4.78, 5) is 4.85. The first-order valence-corrected chi connectivity index (χ1v) is 8.69. The molecule has 0 spiro atoms. The van der Waals surface area contributed by atoms with Gasteiger partial charge in [0.1, 0.15) is 0 Å². The Morgan fingerprint density at radius 2 is 1.71 bits per heavy atom. The van der Waals surface area contributed by atoms with Gasteiger partial charge in [0.05, 0.1) is 12.2 Å². The average Bonchev–Trinajstić information content (AvgIpc) is 2.95. The number of alkyl halides is 3. The molecule has 0 N–H and O–H groups in total. The third-order valence-electron chi connectivity index (χ3n) is 4.91. The highest BCUT2D eigenvalue weighted by Gasteiger charge is 2.30. The van der Waals surface area contributed by atoms with Crippen LogP contribution in [-0.4, -0.2) is 55.7 Å². The van der Waals surface area contributed by atoms with E-state index in [-0.39, 0.29) is 0 Å². The van der Waals surface area contributed by atoms with Crippen LogP contribution in [0.4, 0.5) is 13.2 Å². The first-order chi connectivity index (χ1) is 11.5. The fourth-order valence-corrected chi connectivity index (χ4v) is 3.51. The second kappa shape index (κ2) is 7.85. The number of hydrogen-bond donors (Lipinski definition) is 0. The van der Waals surface area contributed by atoms with Gasteiger partial charge >= 0.3 is 6.18 Å². The number of rotatable bonds is 4. The van der Waals surface area contributed by atoms with Gasteiger partial charge in [0.2, 0.25) is 0 Å². The van der Waals surface area contributed by atoms with Gasteiger partial charge in [0.15, 0.2) is 0 Å². The number of hydrogen-bond acceptors (Lipinski definition) is 3. The summed E-state index contributed by atoms with van der Waals surface area (Å²) in [5, 5.41) is 0. The molecule has 0 radical (unpaired) electrons. The highest BCUT2D eigenvalue weighted by Crippen LogP contribution is 2.29. The summed E-state index contributed by atoms with van der Waals surface area (Å²) < 4.78 is 43.3. The molecule has 2 fully saturated rings. The summed E-state index contributed by atoms with van der Waals surface area (Å²) in [6.45, 7) is 7.68. The van der Waals surface area contributed by atoms with E-state index in [1.165, 1.54) is 12.1 Å². The molecule has 0 saturated carbocycles. The molecule has 1 aromatic rings. The second-order valence-electron chi connectivity index (χ2n) is 6.85. The molecule has 0 aromatic heterocycles. The Bertz CT molecular complexity index is 512. The Balaban J connectivity index is 1.49. The standard InChI is InChI=1S/C18H25F3N2O/c19-18(20,21)17-4-2-15(3-5-17)12-22-7-1-8-23(10-9-22)13-16-6-11-24-14-16/h2-5,16H,1,6-14H2/t16-/m1/s1. The highest BCUT2D eigenvalue weighted by atomic mass is 19.4. The summed E-state index contributed by atoms with van der Waals surface area (Å²) in [6, 6.07) is 5.56. The molecule has 0 bridgehead atoms. The summed E-state index contributed by atoms with van der Waals surface area (Å²) in [5.74, 6) is 0.659. The zero-order chi connectivity index (χ0) is 17.0. The SMILES string of the molecule is FC(F)(F)c1ccc(CN2CCCN(C[C@H]3CCOC3)CC2)cc1. The maximum Gasteiger partial charge on any atom is 0.416 e. The Hall–Kier alpha value is -1.11. The van der Waals surface area contributed by atoms with Crippen molar-refractivity contribution >= 4 is 0 Å². The van der Waals surface area contributed by atoms with Gasteiger partial charge in [-0.25, -0.2) is 0 Å². The first kappa shape index (κ1) is 17.7. The minimum atomic E-state index is -4.26. The molecule has 2 aliphatic heterocycles. The minimum Gasteiger partial charge on any atom is -0.381 e. The molecular formula is C18H25F3N2O. The molecule has 3 nitrogen and oxygen atoms in total. The van der Waals surface area contributed by atoms with Crippen molar-refractivity contribution < 1.29 is 17.9 Å². The van der Waals surface area contributed by atoms with Crippen molar-refractivity contribution in [3.8, 4) is 0 Å². The third kappa shape index (κ3) is 4.94. The molecule has 2 saturated heterocycles. The van der Waals surface area contributed by atoms with Crippen molar-refractivity contribution in [2.75, 3.05) is 45.9 Å². The van der Waals surface area contributed by atoms with Crippen LogP contribution < -0.4 is 0 Å². The molecule has 2 heterocycles. The van der Waals surface area contributed by atoms with Crippen LogP contribution in [0.5, 0.6) is 0 Å². The van der Waals surface area contributed by atoms with Gasteiger partial charge in [0.25, 0.3) is 0 Å². The van der Waals surface area contributed by atoms with Gasteiger partial charge in [-0.3, -0.25) is 4.90 Å². The number of halogens is 3. The number of benzene rings is 1. The highest BCUT2D eigenvalue weighted by molar-refractivity contribution is 5.24. The minimum absolute atomic E-state index is 0.577. The van der Waals surface area contributed by atoms with Crippen molar-refractivity contribution in [2.24, 2.45) is 5.92 Å². The van der Waals surface area contributed by atoms with Gasteiger partial charge in [-0.15, -0.1) is 0 Å². The van der Waals surface area contributed by atoms with Crippen molar-refractivity contribution in [1.29, 1.82) is 0 Å². The predicted molar refractivity (Wildman–Crippen MR) is 86.7 cm³/mol. The topological polar surface area (TPSA) is 15.7 Å². The fourth-order valence-electron chi connectivity index (χ4n) is 3.51. The Kier molecular flexibility index (Phi) is 5.79. The van der Waals surface area contributed by atoms with E-state index in [0.29, 0.717) is 5.92 Å². The molecule has 134 valence electrons. The molecule has 3 rings (SSSR count). The van der Waals surface area contributed by atoms with Gasteiger partial charge < -0.3 is 9.64 Å². The van der Waals surface area contributed by atoms with Crippen LogP contribution in [-0.2, 0) is 17.5 Å². The molecule has 6 heteroatoms. The Labute approximate surface area is 141 Å². The van der Waals surface area contributed by atoms with Gasteiger partial charge in [-0.05, 0) is 49.5 Å². The van der Waals surface area contributed by atoms with Crippen LogP contribution >= 0.6 is 0 Å². The molecular weight excluding hydrogens is 317 g/mol. The maximum absolute atomic E-state index is 12.6. The third-order valence-corrected chi connectivity index (χ3v) is 4.91. The monoisotopic (exact) mass is 342 g/mol. The molecule has 0 aliphatic carbocycles. The van der Waals surface area contributed by atoms with Gasteiger partial charge in [-0.2, -0.15) is 13.2 Å². The van der Waals surface area contributed by atoms with E-state index in [1.807, 2.05) is 0 Å². The quantitative estimate of drug-likeness (QED) is 0.835. The summed E-state index contributed by atoms with van der Waals surface area (Å²) in [6.07, 6.45) is -1.99. The van der Waals surface area contributed by atoms with Crippen LogP contribution in [0.15, 0.2) is 24.3 Å². The van der Waals surface area contributed by atoms with Crippen LogP contribution in [0.25, 0.3) is 0 Å². The lowest BCUT2D eigenvalue weighted by atomic mass is 10.1. The van der Waals surface area contributed by atoms with E-state index in [9.17, 15) is 13.2 Å². The summed E-state index contributed by atoms with van der Waals surface area (Å²) in [7, 11) is 0. The normalized spacial score (nSPS) is 24.2. The molecule has 1 aromatic carbocycles. The lowest BCUT2D eigenvalue weighted by Crippen LogP contribution is -2.34. The van der Waals surface area contributed by atoms with Crippen LogP contribution in [0.2, 0.25) is 0 Å². The largest absolute Gasteiger partial charge is 0.416 e. The number of ether oxygens (including phenoxy) is 1. The van der Waals surface area contributed by atoms with E-state index in [4.69, 9.17) is 4.74 Å². The van der Waals surface area contributed by atoms with E-state index in [1.54, 1.807) is 12.1 Å². The molecule has 24 heavy (non-hydrogen) atoms. The van der Waals surface area contributed by atoms with Crippen LogP contribution in [0.3, 0.4) is 0 Å². The Morgan fingerprint density at radius 1 is 1.00 bits per heavy atom. The predicted octanol–water partition coefficient (Wildman–Crippen LogP) is 3.25. The average molecular weight is 342 g/mol. The Morgan fingerprint density at radius 3 is 2.38 bits per heavy atom. The maximum atomic E-state index is 12.6. The van der Waals surface area contributed by atoms with Crippen molar-refractivity contribution in [3.63, 3.8) is 0 Å². The zero-order valence-electron chi connectivity index (χ0n) is 13.9.